The summed E-state index contributed by atoms with van der Waals surface area (Å²) in [5.74, 6) is 0.343. The Labute approximate surface area is 112 Å². The summed E-state index contributed by atoms with van der Waals surface area (Å²) >= 11 is 0. The van der Waals surface area contributed by atoms with E-state index in [1.807, 2.05) is 20.8 Å². The summed E-state index contributed by atoms with van der Waals surface area (Å²) in [6.07, 6.45) is 2.86. The molecule has 0 aliphatic carbocycles. The highest BCUT2D eigenvalue weighted by atomic mass is 31.2. The molecule has 0 saturated heterocycles. The quantitative estimate of drug-likeness (QED) is 0.565. The van der Waals surface area contributed by atoms with Crippen molar-refractivity contribution in [3.8, 4) is 0 Å². The zero-order valence-corrected chi connectivity index (χ0v) is 13.5. The molecule has 0 spiro atoms. The predicted molar refractivity (Wildman–Crippen MR) is 75.2 cm³/mol. The SMILES string of the molecule is CCCCC(OC)C(C)OP(C)(=O)OCC(C)C. The summed E-state index contributed by atoms with van der Waals surface area (Å²) in [4.78, 5) is 0. The molecule has 0 saturated carbocycles. The normalized spacial score (nSPS) is 18.6. The fourth-order valence-corrected chi connectivity index (χ4v) is 3.00. The Hall–Kier alpha value is 0.110. The fourth-order valence-electron chi connectivity index (χ4n) is 1.63. The molecule has 0 amide bonds. The second-order valence-corrected chi connectivity index (χ2v) is 7.20. The number of methoxy groups -OCH3 is 1. The molecule has 0 aliphatic heterocycles. The van der Waals surface area contributed by atoms with E-state index in [1.165, 1.54) is 6.66 Å². The average Bonchev–Trinajstić information content (AvgIpc) is 2.27. The molecule has 0 bridgehead atoms. The van der Waals surface area contributed by atoms with Crippen molar-refractivity contribution in [2.24, 2.45) is 5.92 Å². The molecule has 0 aromatic heterocycles. The van der Waals surface area contributed by atoms with E-state index in [0.29, 0.717) is 12.5 Å². The zero-order valence-electron chi connectivity index (χ0n) is 12.6. The summed E-state index contributed by atoms with van der Waals surface area (Å²) in [6.45, 7) is 10.0. The number of hydrogen-bond acceptors (Lipinski definition) is 4. The maximum Gasteiger partial charge on any atom is 0.327 e. The van der Waals surface area contributed by atoms with Crippen LogP contribution in [0.1, 0.15) is 47.0 Å². The van der Waals surface area contributed by atoms with Crippen molar-refractivity contribution in [3.05, 3.63) is 0 Å². The van der Waals surface area contributed by atoms with Crippen LogP contribution in [0.4, 0.5) is 0 Å². The molecular formula is C13H29O4P. The maximum absolute atomic E-state index is 12.1. The number of ether oxygens (including phenoxy) is 1. The van der Waals surface area contributed by atoms with Gasteiger partial charge in [-0.2, -0.15) is 0 Å². The Bertz CT molecular complexity index is 255. The van der Waals surface area contributed by atoms with Crippen molar-refractivity contribution in [2.45, 2.75) is 59.2 Å². The summed E-state index contributed by atoms with van der Waals surface area (Å²) < 4.78 is 28.4. The molecule has 0 heterocycles. The third-order valence-corrected chi connectivity index (χ3v) is 4.00. The van der Waals surface area contributed by atoms with E-state index in [9.17, 15) is 4.57 Å². The fraction of sp³-hybridized carbons (Fsp3) is 1.00. The molecule has 0 aromatic carbocycles. The van der Waals surface area contributed by atoms with Gasteiger partial charge in [0, 0.05) is 13.8 Å². The van der Waals surface area contributed by atoms with Gasteiger partial charge >= 0.3 is 7.60 Å². The highest BCUT2D eigenvalue weighted by Crippen LogP contribution is 2.46. The summed E-state index contributed by atoms with van der Waals surface area (Å²) in [5.41, 5.74) is 0. The third kappa shape index (κ3) is 8.25. The third-order valence-electron chi connectivity index (χ3n) is 2.67. The van der Waals surface area contributed by atoms with Gasteiger partial charge in [-0.15, -0.1) is 0 Å². The Morgan fingerprint density at radius 3 is 2.28 bits per heavy atom. The van der Waals surface area contributed by atoms with E-state index in [-0.39, 0.29) is 12.2 Å². The van der Waals surface area contributed by atoms with Gasteiger partial charge in [0.25, 0.3) is 0 Å². The summed E-state index contributed by atoms with van der Waals surface area (Å²) in [7, 11) is -1.32. The van der Waals surface area contributed by atoms with Gasteiger partial charge in [0.1, 0.15) is 0 Å². The molecular weight excluding hydrogens is 251 g/mol. The van der Waals surface area contributed by atoms with Crippen LogP contribution in [0.25, 0.3) is 0 Å². The first-order valence-corrected chi connectivity index (χ1v) is 8.74. The molecule has 4 nitrogen and oxygen atoms in total. The van der Waals surface area contributed by atoms with Gasteiger partial charge in [-0.1, -0.05) is 33.6 Å². The van der Waals surface area contributed by atoms with Crippen LogP contribution in [-0.4, -0.2) is 32.6 Å². The van der Waals surface area contributed by atoms with E-state index in [0.717, 1.165) is 19.3 Å². The van der Waals surface area contributed by atoms with Gasteiger partial charge in [0.05, 0.1) is 18.8 Å². The molecule has 0 aliphatic rings. The van der Waals surface area contributed by atoms with Crippen molar-refractivity contribution in [1.29, 1.82) is 0 Å². The highest BCUT2D eigenvalue weighted by Gasteiger charge is 2.26. The van der Waals surface area contributed by atoms with Gasteiger partial charge in [-0.3, -0.25) is 4.57 Å². The minimum absolute atomic E-state index is 0.0270. The molecule has 3 atom stereocenters. The first-order chi connectivity index (χ1) is 8.32. The zero-order chi connectivity index (χ0) is 14.2. The highest BCUT2D eigenvalue weighted by molar-refractivity contribution is 7.53. The largest absolute Gasteiger partial charge is 0.379 e. The lowest BCUT2D eigenvalue weighted by Gasteiger charge is -2.26. The van der Waals surface area contributed by atoms with Gasteiger partial charge in [0.2, 0.25) is 0 Å². The lowest BCUT2D eigenvalue weighted by atomic mass is 10.1. The Morgan fingerprint density at radius 2 is 1.83 bits per heavy atom. The summed E-state index contributed by atoms with van der Waals surface area (Å²) in [5, 5.41) is 0. The lowest BCUT2D eigenvalue weighted by Crippen LogP contribution is -2.27. The number of rotatable bonds is 10. The van der Waals surface area contributed by atoms with E-state index in [2.05, 4.69) is 6.92 Å². The molecule has 0 fully saturated rings. The van der Waals surface area contributed by atoms with Crippen LogP contribution in [0.3, 0.4) is 0 Å². The van der Waals surface area contributed by atoms with Crippen LogP contribution in [0.15, 0.2) is 0 Å². The van der Waals surface area contributed by atoms with E-state index in [4.69, 9.17) is 13.8 Å². The van der Waals surface area contributed by atoms with E-state index >= 15 is 0 Å². The second-order valence-electron chi connectivity index (χ2n) is 5.19. The number of unbranched alkanes of at least 4 members (excludes halogenated alkanes) is 1. The van der Waals surface area contributed by atoms with Gasteiger partial charge in [-0.05, 0) is 19.3 Å². The van der Waals surface area contributed by atoms with Crippen molar-refractivity contribution >= 4 is 7.60 Å². The van der Waals surface area contributed by atoms with Crippen LogP contribution in [-0.2, 0) is 18.3 Å². The standard InChI is InChI=1S/C13H29O4P/c1-7-8-9-13(15-5)12(4)17-18(6,14)16-10-11(2)3/h11-13H,7-10H2,1-6H3. The molecule has 0 aromatic rings. The first-order valence-electron chi connectivity index (χ1n) is 6.75. The van der Waals surface area contributed by atoms with E-state index < -0.39 is 7.60 Å². The van der Waals surface area contributed by atoms with Crippen molar-refractivity contribution in [1.82, 2.24) is 0 Å². The van der Waals surface area contributed by atoms with Crippen LogP contribution < -0.4 is 0 Å². The van der Waals surface area contributed by atoms with Crippen molar-refractivity contribution in [2.75, 3.05) is 20.4 Å². The first kappa shape index (κ1) is 18.1. The lowest BCUT2D eigenvalue weighted by molar-refractivity contribution is -0.00267. The Morgan fingerprint density at radius 1 is 1.22 bits per heavy atom. The average molecular weight is 280 g/mol. The molecule has 110 valence electrons. The van der Waals surface area contributed by atoms with Crippen LogP contribution >= 0.6 is 7.60 Å². The topological polar surface area (TPSA) is 44.8 Å². The van der Waals surface area contributed by atoms with Crippen LogP contribution in [0.2, 0.25) is 0 Å². The molecule has 3 unspecified atom stereocenters. The van der Waals surface area contributed by atoms with Crippen LogP contribution in [0.5, 0.6) is 0 Å². The molecule has 0 radical (unpaired) electrons. The maximum atomic E-state index is 12.1. The molecule has 18 heavy (non-hydrogen) atoms. The number of hydrogen-bond donors (Lipinski definition) is 0. The van der Waals surface area contributed by atoms with Gasteiger partial charge < -0.3 is 13.8 Å². The minimum atomic E-state index is -2.98. The van der Waals surface area contributed by atoms with Crippen LogP contribution in [0, 0.1) is 5.92 Å². The Kier molecular flexibility index (Phi) is 9.14. The van der Waals surface area contributed by atoms with E-state index in [1.54, 1.807) is 7.11 Å². The van der Waals surface area contributed by atoms with Gasteiger partial charge in [-0.25, -0.2) is 0 Å². The Balaban J connectivity index is 4.24. The minimum Gasteiger partial charge on any atom is -0.379 e. The van der Waals surface area contributed by atoms with Gasteiger partial charge in [0.15, 0.2) is 0 Å². The predicted octanol–water partition coefficient (Wildman–Crippen LogP) is 4.09. The van der Waals surface area contributed by atoms with Crippen molar-refractivity contribution in [3.63, 3.8) is 0 Å². The molecule has 0 N–H and O–H groups in total. The second kappa shape index (κ2) is 9.08. The monoisotopic (exact) mass is 280 g/mol. The smallest absolute Gasteiger partial charge is 0.327 e. The molecule has 5 heteroatoms. The summed E-state index contributed by atoms with van der Waals surface area (Å²) in [6, 6.07) is 0. The molecule has 0 rings (SSSR count). The van der Waals surface area contributed by atoms with Crippen molar-refractivity contribution < 1.29 is 18.3 Å².